The summed E-state index contributed by atoms with van der Waals surface area (Å²) in [7, 11) is 2.09. The first kappa shape index (κ1) is 16.0. The van der Waals surface area contributed by atoms with Crippen LogP contribution < -0.4 is 5.56 Å². The fourth-order valence-corrected chi connectivity index (χ4v) is 3.65. The van der Waals surface area contributed by atoms with Crippen LogP contribution in [0.5, 0.6) is 0 Å². The monoisotopic (exact) mass is 333 g/mol. The van der Waals surface area contributed by atoms with E-state index in [-0.39, 0.29) is 11.6 Å². The van der Waals surface area contributed by atoms with Crippen LogP contribution in [0.25, 0.3) is 10.9 Å². The van der Waals surface area contributed by atoms with Crippen molar-refractivity contribution < 1.29 is 0 Å². The molecule has 3 aromatic rings. The number of H-pyrrole nitrogens is 1. The zero-order valence-corrected chi connectivity index (χ0v) is 14.7. The topological polar surface area (TPSA) is 49.0 Å². The summed E-state index contributed by atoms with van der Waals surface area (Å²) in [6, 6.07) is 14.5. The molecule has 1 aliphatic rings. The molecular weight excluding hydrogens is 310 g/mol. The lowest BCUT2D eigenvalue weighted by Gasteiger charge is -2.27. The number of aromatic nitrogens is 2. The van der Waals surface area contributed by atoms with Crippen molar-refractivity contribution in [1.82, 2.24) is 14.9 Å². The van der Waals surface area contributed by atoms with Gasteiger partial charge in [0.05, 0.1) is 11.7 Å². The van der Waals surface area contributed by atoms with Crippen LogP contribution in [0.15, 0.2) is 53.5 Å². The highest BCUT2D eigenvalue weighted by molar-refractivity contribution is 5.79. The van der Waals surface area contributed by atoms with Crippen molar-refractivity contribution in [3.05, 3.63) is 75.8 Å². The summed E-state index contributed by atoms with van der Waals surface area (Å²) in [5, 5.41) is 1.09. The molecule has 4 nitrogen and oxygen atoms in total. The van der Waals surface area contributed by atoms with E-state index in [1.165, 1.54) is 18.4 Å². The average Bonchev–Trinajstić information content (AvgIpc) is 3.42. The molecule has 0 saturated heterocycles. The summed E-state index contributed by atoms with van der Waals surface area (Å²) >= 11 is 0. The van der Waals surface area contributed by atoms with Gasteiger partial charge in [0.25, 0.3) is 5.56 Å². The van der Waals surface area contributed by atoms with E-state index in [0.29, 0.717) is 12.5 Å². The molecule has 1 aliphatic carbocycles. The number of benzene rings is 1. The van der Waals surface area contributed by atoms with Gasteiger partial charge in [0.1, 0.15) is 0 Å². The second-order valence-corrected chi connectivity index (χ2v) is 7.17. The van der Waals surface area contributed by atoms with Gasteiger partial charge in [-0.15, -0.1) is 0 Å². The van der Waals surface area contributed by atoms with Crippen molar-refractivity contribution in [3.8, 4) is 0 Å². The summed E-state index contributed by atoms with van der Waals surface area (Å²) < 4.78 is 0. The Kier molecular flexibility index (Phi) is 4.14. The van der Waals surface area contributed by atoms with Crippen LogP contribution in [-0.4, -0.2) is 21.9 Å². The number of aryl methyl sites for hydroxylation is 1. The van der Waals surface area contributed by atoms with Gasteiger partial charge in [-0.1, -0.05) is 17.7 Å². The second-order valence-electron chi connectivity index (χ2n) is 7.17. The Bertz CT molecular complexity index is 944. The van der Waals surface area contributed by atoms with Gasteiger partial charge in [-0.3, -0.25) is 14.7 Å². The number of nitrogens with one attached hydrogen (secondary N) is 1. The molecule has 0 bridgehead atoms. The van der Waals surface area contributed by atoms with E-state index < -0.39 is 0 Å². The first-order chi connectivity index (χ1) is 12.1. The molecule has 1 N–H and O–H groups in total. The summed E-state index contributed by atoms with van der Waals surface area (Å²) in [6.45, 7) is 2.69. The molecule has 1 atom stereocenters. The summed E-state index contributed by atoms with van der Waals surface area (Å²) in [6.07, 6.45) is 4.32. The molecule has 1 saturated carbocycles. The van der Waals surface area contributed by atoms with Crippen LogP contribution in [0.4, 0.5) is 0 Å². The fraction of sp³-hybridized carbons (Fsp3) is 0.333. The minimum atomic E-state index is -0.00114. The Hall–Kier alpha value is -2.46. The number of nitrogens with zero attached hydrogens (tertiary/aromatic N) is 2. The van der Waals surface area contributed by atoms with Crippen LogP contribution in [0.2, 0.25) is 0 Å². The Morgan fingerprint density at radius 2 is 2.08 bits per heavy atom. The number of rotatable bonds is 5. The summed E-state index contributed by atoms with van der Waals surface area (Å²) in [5.41, 5.74) is 4.00. The smallest absolute Gasteiger partial charge is 0.252 e. The zero-order chi connectivity index (χ0) is 17.4. The summed E-state index contributed by atoms with van der Waals surface area (Å²) in [5.74, 6) is 0.640. The zero-order valence-electron chi connectivity index (χ0n) is 14.7. The molecule has 2 heterocycles. The van der Waals surface area contributed by atoms with Crippen molar-refractivity contribution in [2.24, 2.45) is 5.92 Å². The van der Waals surface area contributed by atoms with E-state index in [1.807, 2.05) is 36.5 Å². The molecule has 2 aromatic heterocycles. The maximum Gasteiger partial charge on any atom is 0.252 e. The molecule has 4 rings (SSSR count). The van der Waals surface area contributed by atoms with Gasteiger partial charge in [-0.2, -0.15) is 0 Å². The molecule has 0 aliphatic heterocycles. The minimum absolute atomic E-state index is 0.00114. The van der Waals surface area contributed by atoms with Crippen LogP contribution in [0.1, 0.15) is 35.7 Å². The number of hydrogen-bond donors (Lipinski definition) is 1. The van der Waals surface area contributed by atoms with Crippen LogP contribution >= 0.6 is 0 Å². The van der Waals surface area contributed by atoms with Crippen molar-refractivity contribution in [1.29, 1.82) is 0 Å². The molecule has 0 radical (unpaired) electrons. The van der Waals surface area contributed by atoms with E-state index in [2.05, 4.69) is 41.0 Å². The number of hydrogen-bond acceptors (Lipinski definition) is 3. The third-order valence-corrected chi connectivity index (χ3v) is 5.03. The maximum atomic E-state index is 12.5. The third-order valence-electron chi connectivity index (χ3n) is 5.03. The highest BCUT2D eigenvalue weighted by Gasteiger charge is 2.35. The average molecular weight is 333 g/mol. The van der Waals surface area contributed by atoms with Gasteiger partial charge >= 0.3 is 0 Å². The number of aromatic amines is 1. The van der Waals surface area contributed by atoms with Crippen LogP contribution in [0, 0.1) is 12.8 Å². The maximum absolute atomic E-state index is 12.5. The van der Waals surface area contributed by atoms with Gasteiger partial charge < -0.3 is 4.98 Å². The van der Waals surface area contributed by atoms with E-state index in [4.69, 9.17) is 0 Å². The van der Waals surface area contributed by atoms with Crippen molar-refractivity contribution in [3.63, 3.8) is 0 Å². The molecule has 25 heavy (non-hydrogen) atoms. The second kappa shape index (κ2) is 6.45. The van der Waals surface area contributed by atoms with Gasteiger partial charge in [0, 0.05) is 23.8 Å². The van der Waals surface area contributed by atoms with Gasteiger partial charge in [0.15, 0.2) is 0 Å². The van der Waals surface area contributed by atoms with Crippen molar-refractivity contribution in [2.75, 3.05) is 7.05 Å². The molecule has 0 amide bonds. The van der Waals surface area contributed by atoms with Gasteiger partial charge in [0.2, 0.25) is 0 Å². The highest BCUT2D eigenvalue weighted by Crippen LogP contribution is 2.43. The molecule has 0 spiro atoms. The molecule has 1 aromatic carbocycles. The number of fused-ring (bicyclic) bond motifs is 1. The first-order valence-electron chi connectivity index (χ1n) is 8.85. The van der Waals surface area contributed by atoms with Crippen molar-refractivity contribution in [2.45, 2.75) is 32.4 Å². The third kappa shape index (κ3) is 3.35. The van der Waals surface area contributed by atoms with Gasteiger partial charge in [-0.05, 0) is 68.4 Å². The Labute approximate surface area is 147 Å². The normalized spacial score (nSPS) is 15.6. The fourth-order valence-electron chi connectivity index (χ4n) is 3.65. The lowest BCUT2D eigenvalue weighted by atomic mass is 10.0. The van der Waals surface area contributed by atoms with Crippen LogP contribution in [0.3, 0.4) is 0 Å². The standard InChI is InChI=1S/C21H23N3O/c1-14-6-9-18-16(11-14)12-17(21(25)23-18)13-24(2)20(15-7-8-15)19-5-3-4-10-22-19/h3-6,9-12,15,20H,7-8,13H2,1-2H3,(H,23,25)/t20-/m1/s1. The molecule has 1 fully saturated rings. The quantitative estimate of drug-likeness (QED) is 0.772. The van der Waals surface area contributed by atoms with E-state index in [9.17, 15) is 4.79 Å². The molecule has 4 heteroatoms. The SMILES string of the molecule is Cc1ccc2[nH]c(=O)c(CN(C)[C@@H](c3ccccn3)C3CC3)cc2c1. The molecule has 128 valence electrons. The van der Waals surface area contributed by atoms with Crippen molar-refractivity contribution >= 4 is 10.9 Å². The van der Waals surface area contributed by atoms with Gasteiger partial charge in [-0.25, -0.2) is 0 Å². The Morgan fingerprint density at radius 3 is 2.80 bits per heavy atom. The predicted molar refractivity (Wildman–Crippen MR) is 100 cm³/mol. The highest BCUT2D eigenvalue weighted by atomic mass is 16.1. The molecular formula is C21H23N3O. The lowest BCUT2D eigenvalue weighted by Crippen LogP contribution is -2.29. The van der Waals surface area contributed by atoms with E-state index in [1.54, 1.807) is 0 Å². The lowest BCUT2D eigenvalue weighted by molar-refractivity contribution is 0.207. The predicted octanol–water partition coefficient (Wildman–Crippen LogP) is 3.81. The number of pyridine rings is 2. The Morgan fingerprint density at radius 1 is 1.24 bits per heavy atom. The van der Waals surface area contributed by atoms with Crippen LogP contribution in [-0.2, 0) is 6.54 Å². The first-order valence-corrected chi connectivity index (χ1v) is 8.85. The summed E-state index contributed by atoms with van der Waals surface area (Å²) in [4.78, 5) is 22.3. The molecule has 0 unspecified atom stereocenters. The van der Waals surface area contributed by atoms with E-state index in [0.717, 1.165) is 22.2 Å². The largest absolute Gasteiger partial charge is 0.322 e. The minimum Gasteiger partial charge on any atom is -0.322 e. The Balaban J connectivity index is 1.65. The van der Waals surface area contributed by atoms with E-state index >= 15 is 0 Å².